The number of hydrogen-bond acceptors (Lipinski definition) is 3. The van der Waals surface area contributed by atoms with Gasteiger partial charge in [0.2, 0.25) is 0 Å². The highest BCUT2D eigenvalue weighted by Gasteiger charge is 2.53. The topological polar surface area (TPSA) is 39.4 Å². The molecule has 0 spiro atoms. The van der Waals surface area contributed by atoms with Crippen LogP contribution in [0.3, 0.4) is 0 Å². The summed E-state index contributed by atoms with van der Waals surface area (Å²) in [6, 6.07) is 11.5. The van der Waals surface area contributed by atoms with Gasteiger partial charge in [0.15, 0.2) is 5.78 Å². The molecule has 4 aliphatic rings. The summed E-state index contributed by atoms with van der Waals surface area (Å²) >= 11 is 3.41. The summed E-state index contributed by atoms with van der Waals surface area (Å²) in [5, 5.41) is 0. The van der Waals surface area contributed by atoms with E-state index in [1.165, 1.54) is 19.3 Å². The number of allylic oxidation sites excluding steroid dienone is 1. The molecule has 1 aromatic carbocycles. The molecule has 1 aromatic heterocycles. The summed E-state index contributed by atoms with van der Waals surface area (Å²) in [5.41, 5.74) is -0.0780. The van der Waals surface area contributed by atoms with Gasteiger partial charge in [-0.2, -0.15) is 0 Å². The van der Waals surface area contributed by atoms with Crippen LogP contribution in [0.25, 0.3) is 6.08 Å². The Morgan fingerprint density at radius 2 is 1.68 bits per heavy atom. The number of rotatable bonds is 6. The highest BCUT2D eigenvalue weighted by Crippen LogP contribution is 2.60. The SMILES string of the molecule is O=C(/C=C/c1ccc(COc2ccc(Br)cc2)o1)C12CC3CC(CC(C3)C1)C2. The third kappa shape index (κ3) is 3.59. The Morgan fingerprint density at radius 3 is 2.32 bits per heavy atom. The molecule has 0 radical (unpaired) electrons. The van der Waals surface area contributed by atoms with Crippen LogP contribution < -0.4 is 4.74 Å². The number of carbonyl (C=O) groups is 1. The molecule has 4 saturated carbocycles. The summed E-state index contributed by atoms with van der Waals surface area (Å²) in [4.78, 5) is 13.1. The molecule has 6 rings (SSSR count). The first kappa shape index (κ1) is 18.2. The van der Waals surface area contributed by atoms with Crippen molar-refractivity contribution in [1.82, 2.24) is 0 Å². The van der Waals surface area contributed by atoms with Gasteiger partial charge in [-0.1, -0.05) is 15.9 Å². The number of ketones is 1. The molecule has 0 aliphatic heterocycles. The third-order valence-corrected chi connectivity index (χ3v) is 7.37. The third-order valence-electron chi connectivity index (χ3n) is 6.84. The van der Waals surface area contributed by atoms with Crippen LogP contribution >= 0.6 is 15.9 Å². The standard InChI is InChI=1S/C24H25BrO3/c25-19-1-3-20(4-2-19)27-15-22-6-5-21(28-22)7-8-23(26)24-12-16-9-17(13-24)11-18(10-16)14-24/h1-8,16-18H,9-15H2/b8-7+. The van der Waals surface area contributed by atoms with Crippen LogP contribution in [-0.4, -0.2) is 5.78 Å². The lowest BCUT2D eigenvalue weighted by atomic mass is 9.48. The van der Waals surface area contributed by atoms with Gasteiger partial charge >= 0.3 is 0 Å². The minimum atomic E-state index is -0.0780. The van der Waals surface area contributed by atoms with E-state index in [-0.39, 0.29) is 5.41 Å². The minimum Gasteiger partial charge on any atom is -0.486 e. The highest BCUT2D eigenvalue weighted by atomic mass is 79.9. The van der Waals surface area contributed by atoms with Gasteiger partial charge in [0, 0.05) is 9.89 Å². The Hall–Kier alpha value is -1.81. The average molecular weight is 441 g/mol. The van der Waals surface area contributed by atoms with E-state index in [9.17, 15) is 4.79 Å². The molecule has 0 atom stereocenters. The van der Waals surface area contributed by atoms with Gasteiger partial charge in [0.25, 0.3) is 0 Å². The number of benzene rings is 1. The molecular formula is C24H25BrO3. The lowest BCUT2D eigenvalue weighted by molar-refractivity contribution is -0.138. The smallest absolute Gasteiger partial charge is 0.161 e. The zero-order valence-electron chi connectivity index (χ0n) is 15.9. The van der Waals surface area contributed by atoms with E-state index in [0.717, 1.165) is 53.0 Å². The summed E-state index contributed by atoms with van der Waals surface area (Å²) in [6.45, 7) is 0.373. The van der Waals surface area contributed by atoms with Gasteiger partial charge in [-0.05, 0) is 105 Å². The molecule has 146 valence electrons. The maximum Gasteiger partial charge on any atom is 0.161 e. The van der Waals surface area contributed by atoms with E-state index >= 15 is 0 Å². The predicted molar refractivity (Wildman–Crippen MR) is 112 cm³/mol. The van der Waals surface area contributed by atoms with Crippen molar-refractivity contribution in [2.75, 3.05) is 0 Å². The fourth-order valence-corrected chi connectivity index (χ4v) is 6.26. The first-order valence-electron chi connectivity index (χ1n) is 10.3. The monoisotopic (exact) mass is 440 g/mol. The predicted octanol–water partition coefficient (Wildman–Crippen LogP) is 6.42. The maximum absolute atomic E-state index is 13.1. The highest BCUT2D eigenvalue weighted by molar-refractivity contribution is 9.10. The molecule has 0 amide bonds. The van der Waals surface area contributed by atoms with Crippen LogP contribution in [0.5, 0.6) is 5.75 Å². The van der Waals surface area contributed by atoms with Crippen molar-refractivity contribution in [1.29, 1.82) is 0 Å². The Bertz CT molecular complexity index is 858. The van der Waals surface area contributed by atoms with Crippen molar-refractivity contribution in [2.45, 2.75) is 45.1 Å². The van der Waals surface area contributed by atoms with E-state index in [1.807, 2.05) is 42.5 Å². The molecule has 4 heteroatoms. The van der Waals surface area contributed by atoms with E-state index < -0.39 is 0 Å². The second-order valence-electron chi connectivity index (χ2n) is 8.94. The van der Waals surface area contributed by atoms with Crippen LogP contribution in [0.15, 0.2) is 51.4 Å². The molecular weight excluding hydrogens is 416 g/mol. The fraction of sp³-hybridized carbons (Fsp3) is 0.458. The van der Waals surface area contributed by atoms with Crippen molar-refractivity contribution < 1.29 is 13.9 Å². The summed E-state index contributed by atoms with van der Waals surface area (Å²) in [6.07, 6.45) is 11.0. The second-order valence-corrected chi connectivity index (χ2v) is 9.86. The van der Waals surface area contributed by atoms with Crippen LogP contribution in [0, 0.1) is 23.2 Å². The van der Waals surface area contributed by atoms with Crippen molar-refractivity contribution in [3.63, 3.8) is 0 Å². The molecule has 1 heterocycles. The minimum absolute atomic E-state index is 0.0780. The summed E-state index contributed by atoms with van der Waals surface area (Å²) < 4.78 is 12.6. The number of furan rings is 1. The van der Waals surface area contributed by atoms with Gasteiger partial charge in [-0.15, -0.1) is 0 Å². The molecule has 4 bridgehead atoms. The Balaban J connectivity index is 1.21. The van der Waals surface area contributed by atoms with Crippen LogP contribution in [0.4, 0.5) is 0 Å². The fourth-order valence-electron chi connectivity index (χ4n) is 5.99. The zero-order valence-corrected chi connectivity index (χ0v) is 17.5. The van der Waals surface area contributed by atoms with E-state index in [2.05, 4.69) is 15.9 Å². The van der Waals surface area contributed by atoms with Gasteiger partial charge < -0.3 is 9.15 Å². The lowest BCUT2D eigenvalue weighted by Gasteiger charge is -2.55. The molecule has 0 saturated heterocycles. The molecule has 28 heavy (non-hydrogen) atoms. The lowest BCUT2D eigenvalue weighted by Crippen LogP contribution is -2.49. The molecule has 4 fully saturated rings. The number of halogens is 1. The van der Waals surface area contributed by atoms with Crippen molar-refractivity contribution >= 4 is 27.8 Å². The van der Waals surface area contributed by atoms with Gasteiger partial charge in [0.1, 0.15) is 23.9 Å². The second kappa shape index (κ2) is 7.22. The van der Waals surface area contributed by atoms with E-state index in [4.69, 9.17) is 9.15 Å². The van der Waals surface area contributed by atoms with Crippen LogP contribution in [-0.2, 0) is 11.4 Å². The van der Waals surface area contributed by atoms with E-state index in [1.54, 1.807) is 6.08 Å². The average Bonchev–Trinajstić information content (AvgIpc) is 3.12. The first-order valence-corrected chi connectivity index (χ1v) is 11.1. The van der Waals surface area contributed by atoms with Crippen molar-refractivity contribution in [3.8, 4) is 5.75 Å². The molecule has 4 aliphatic carbocycles. The Morgan fingerprint density at radius 1 is 1.04 bits per heavy atom. The van der Waals surface area contributed by atoms with Gasteiger partial charge in [0.05, 0.1) is 0 Å². The van der Waals surface area contributed by atoms with E-state index in [0.29, 0.717) is 18.2 Å². The zero-order chi connectivity index (χ0) is 19.1. The maximum atomic E-state index is 13.1. The van der Waals surface area contributed by atoms with Crippen molar-refractivity contribution in [3.05, 3.63) is 58.5 Å². The molecule has 2 aromatic rings. The van der Waals surface area contributed by atoms with Gasteiger partial charge in [-0.25, -0.2) is 0 Å². The molecule has 3 nitrogen and oxygen atoms in total. The Kier molecular flexibility index (Phi) is 4.70. The molecule has 0 N–H and O–H groups in total. The van der Waals surface area contributed by atoms with Crippen LogP contribution in [0.2, 0.25) is 0 Å². The first-order chi connectivity index (χ1) is 13.6. The van der Waals surface area contributed by atoms with Gasteiger partial charge in [-0.3, -0.25) is 4.79 Å². The number of hydrogen-bond donors (Lipinski definition) is 0. The number of ether oxygens (including phenoxy) is 1. The molecule has 0 unspecified atom stereocenters. The van der Waals surface area contributed by atoms with Crippen molar-refractivity contribution in [2.24, 2.45) is 23.2 Å². The largest absolute Gasteiger partial charge is 0.486 e. The van der Waals surface area contributed by atoms with Crippen LogP contribution in [0.1, 0.15) is 50.0 Å². The number of carbonyl (C=O) groups excluding carboxylic acids is 1. The summed E-state index contributed by atoms with van der Waals surface area (Å²) in [5.74, 6) is 4.94. The summed E-state index contributed by atoms with van der Waals surface area (Å²) in [7, 11) is 0. The quantitative estimate of drug-likeness (QED) is 0.486. The normalized spacial score (nSPS) is 30.8. The Labute approximate surface area is 174 Å².